The number of methoxy groups -OCH3 is 1. The predicted molar refractivity (Wildman–Crippen MR) is 125 cm³/mol. The van der Waals surface area contributed by atoms with Gasteiger partial charge in [0.05, 0.1) is 24.4 Å². The van der Waals surface area contributed by atoms with Crippen LogP contribution < -0.4 is 4.74 Å². The third-order valence-electron chi connectivity index (χ3n) is 6.05. The van der Waals surface area contributed by atoms with E-state index in [-0.39, 0.29) is 11.3 Å². The first kappa shape index (κ1) is 22.5. The molecule has 3 aromatic rings. The summed E-state index contributed by atoms with van der Waals surface area (Å²) in [6.45, 7) is 4.67. The summed E-state index contributed by atoms with van der Waals surface area (Å²) in [7, 11) is 5.36. The Morgan fingerprint density at radius 2 is 1.94 bits per heavy atom. The summed E-state index contributed by atoms with van der Waals surface area (Å²) in [5.74, 6) is -1.02. The lowest BCUT2D eigenvalue weighted by Gasteiger charge is -2.26. The highest BCUT2D eigenvalue weighted by Crippen LogP contribution is 2.40. The topological polar surface area (TPSA) is 87.4 Å². The van der Waals surface area contributed by atoms with E-state index >= 15 is 0 Å². The fourth-order valence-electron chi connectivity index (χ4n) is 4.25. The van der Waals surface area contributed by atoms with Crippen molar-refractivity contribution in [1.82, 2.24) is 19.2 Å². The van der Waals surface area contributed by atoms with E-state index in [1.807, 2.05) is 61.6 Å². The standard InChI is InChI=1S/C25H28N4O4/c1-15-8-7-11-28-16(2)20(26-24(15)28)22(30)19-21(17-9-6-10-18(14-17)33-5)29(13-12-27(3)4)25(32)23(19)31/h6-11,14,21,30H,12-13H2,1-5H3/b22-19+. The Labute approximate surface area is 192 Å². The maximum atomic E-state index is 13.2. The van der Waals surface area contributed by atoms with Gasteiger partial charge in [-0.1, -0.05) is 18.2 Å². The van der Waals surface area contributed by atoms with E-state index < -0.39 is 17.7 Å². The second-order valence-corrected chi connectivity index (χ2v) is 8.50. The summed E-state index contributed by atoms with van der Waals surface area (Å²) in [4.78, 5) is 34.4. The van der Waals surface area contributed by atoms with Crippen LogP contribution >= 0.6 is 0 Å². The zero-order valence-corrected chi connectivity index (χ0v) is 19.5. The van der Waals surface area contributed by atoms with Crippen molar-refractivity contribution >= 4 is 23.1 Å². The van der Waals surface area contributed by atoms with Crippen LogP contribution in [-0.4, -0.2) is 70.3 Å². The number of ether oxygens (including phenoxy) is 1. The second-order valence-electron chi connectivity index (χ2n) is 8.50. The van der Waals surface area contributed by atoms with Gasteiger partial charge in [-0.3, -0.25) is 9.59 Å². The summed E-state index contributed by atoms with van der Waals surface area (Å²) in [6.07, 6.45) is 1.86. The minimum atomic E-state index is -0.745. The molecule has 1 fully saturated rings. The number of pyridine rings is 1. The first-order valence-corrected chi connectivity index (χ1v) is 10.8. The minimum absolute atomic E-state index is 0.0381. The van der Waals surface area contributed by atoms with E-state index in [2.05, 4.69) is 4.98 Å². The van der Waals surface area contributed by atoms with Crippen LogP contribution in [0, 0.1) is 13.8 Å². The van der Waals surface area contributed by atoms with Gasteiger partial charge in [0.25, 0.3) is 11.7 Å². The molecule has 3 heterocycles. The summed E-state index contributed by atoms with van der Waals surface area (Å²) in [5, 5.41) is 11.4. The average Bonchev–Trinajstić information content (AvgIpc) is 3.27. The fraction of sp³-hybridized carbons (Fsp3) is 0.320. The molecule has 8 heteroatoms. The van der Waals surface area contributed by atoms with E-state index in [0.29, 0.717) is 41.4 Å². The van der Waals surface area contributed by atoms with E-state index in [4.69, 9.17) is 4.74 Å². The van der Waals surface area contributed by atoms with Crippen LogP contribution in [0.15, 0.2) is 48.2 Å². The number of nitrogens with zero attached hydrogens (tertiary/aromatic N) is 4. The molecule has 1 aliphatic rings. The number of hydrogen-bond acceptors (Lipinski definition) is 6. The molecule has 0 aliphatic carbocycles. The number of amides is 1. The van der Waals surface area contributed by atoms with E-state index in [0.717, 1.165) is 5.56 Å². The normalized spacial score (nSPS) is 18.0. The number of carbonyl (C=O) groups is 2. The maximum absolute atomic E-state index is 13.2. The van der Waals surface area contributed by atoms with Crippen LogP contribution in [0.25, 0.3) is 11.4 Å². The van der Waals surface area contributed by atoms with Gasteiger partial charge in [-0.25, -0.2) is 4.98 Å². The highest BCUT2D eigenvalue weighted by molar-refractivity contribution is 6.46. The first-order chi connectivity index (χ1) is 15.7. The number of aliphatic hydroxyl groups is 1. The molecule has 1 atom stereocenters. The summed E-state index contributed by atoms with van der Waals surface area (Å²) < 4.78 is 7.23. The third-order valence-corrected chi connectivity index (χ3v) is 6.05. The van der Waals surface area contributed by atoms with E-state index in [9.17, 15) is 14.7 Å². The number of rotatable bonds is 6. The number of ketones is 1. The first-order valence-electron chi connectivity index (χ1n) is 10.8. The van der Waals surface area contributed by atoms with Gasteiger partial charge in [-0.05, 0) is 57.3 Å². The van der Waals surface area contributed by atoms with Crippen LogP contribution in [0.2, 0.25) is 0 Å². The predicted octanol–water partition coefficient (Wildman–Crippen LogP) is 2.94. The number of likely N-dealkylation sites (tertiary alicyclic amines) is 1. The molecule has 0 radical (unpaired) electrons. The van der Waals surface area contributed by atoms with Crippen LogP contribution in [0.1, 0.15) is 28.6 Å². The van der Waals surface area contributed by atoms with Gasteiger partial charge in [0.1, 0.15) is 17.1 Å². The molecule has 1 unspecified atom stereocenters. The Morgan fingerprint density at radius 1 is 1.18 bits per heavy atom. The molecular formula is C25H28N4O4. The molecule has 1 amide bonds. The van der Waals surface area contributed by atoms with Gasteiger partial charge in [-0.2, -0.15) is 0 Å². The molecule has 8 nitrogen and oxygen atoms in total. The van der Waals surface area contributed by atoms with Gasteiger partial charge in [-0.15, -0.1) is 0 Å². The number of aliphatic hydroxyl groups excluding tert-OH is 1. The Kier molecular flexibility index (Phi) is 5.95. The quantitative estimate of drug-likeness (QED) is 0.354. The Hall–Kier alpha value is -3.65. The Morgan fingerprint density at radius 3 is 2.61 bits per heavy atom. The molecule has 1 N–H and O–H groups in total. The van der Waals surface area contributed by atoms with Crippen molar-refractivity contribution in [3.8, 4) is 5.75 Å². The number of aryl methyl sites for hydroxylation is 2. The second kappa shape index (κ2) is 8.71. The van der Waals surface area contributed by atoms with E-state index in [1.165, 1.54) is 4.90 Å². The Bertz CT molecular complexity index is 1270. The zero-order chi connectivity index (χ0) is 23.9. The Balaban J connectivity index is 1.92. The maximum Gasteiger partial charge on any atom is 0.295 e. The highest BCUT2D eigenvalue weighted by Gasteiger charge is 2.46. The number of hydrogen-bond donors (Lipinski definition) is 1. The molecular weight excluding hydrogens is 420 g/mol. The SMILES string of the molecule is COc1cccc(C2/C(=C(\O)c3nc4c(C)cccn4c3C)C(=O)C(=O)N2CCN(C)C)c1. The lowest BCUT2D eigenvalue weighted by molar-refractivity contribution is -0.140. The van der Waals surface area contributed by atoms with Crippen molar-refractivity contribution in [2.75, 3.05) is 34.3 Å². The largest absolute Gasteiger partial charge is 0.505 e. The molecule has 172 valence electrons. The number of aromatic nitrogens is 2. The molecule has 0 bridgehead atoms. The lowest BCUT2D eigenvalue weighted by Crippen LogP contribution is -2.35. The molecule has 2 aromatic heterocycles. The van der Waals surface area contributed by atoms with Gasteiger partial charge in [0.15, 0.2) is 5.76 Å². The van der Waals surface area contributed by atoms with Crippen LogP contribution in [0.5, 0.6) is 5.75 Å². The number of likely N-dealkylation sites (N-methyl/N-ethyl adjacent to an activating group) is 1. The number of Topliss-reactive ketones (excluding diaryl/α,β-unsaturated/α-hetero) is 1. The molecule has 1 aliphatic heterocycles. The number of imidazole rings is 1. The fourth-order valence-corrected chi connectivity index (χ4v) is 4.25. The number of benzene rings is 1. The lowest BCUT2D eigenvalue weighted by atomic mass is 9.96. The smallest absolute Gasteiger partial charge is 0.295 e. The highest BCUT2D eigenvalue weighted by atomic mass is 16.5. The van der Waals surface area contributed by atoms with Crippen molar-refractivity contribution < 1.29 is 19.4 Å². The van der Waals surface area contributed by atoms with Crippen molar-refractivity contribution in [2.24, 2.45) is 0 Å². The molecule has 4 rings (SSSR count). The number of fused-ring (bicyclic) bond motifs is 1. The van der Waals surface area contributed by atoms with Gasteiger partial charge < -0.3 is 24.0 Å². The van der Waals surface area contributed by atoms with Crippen LogP contribution in [0.3, 0.4) is 0 Å². The van der Waals surface area contributed by atoms with Crippen LogP contribution in [0.4, 0.5) is 0 Å². The van der Waals surface area contributed by atoms with Crippen LogP contribution in [-0.2, 0) is 9.59 Å². The number of carbonyl (C=O) groups excluding carboxylic acids is 2. The summed E-state index contributed by atoms with van der Waals surface area (Å²) in [6, 6.07) is 10.3. The summed E-state index contributed by atoms with van der Waals surface area (Å²) >= 11 is 0. The molecule has 0 spiro atoms. The van der Waals surface area contributed by atoms with Gasteiger partial charge in [0.2, 0.25) is 0 Å². The van der Waals surface area contributed by atoms with Crippen molar-refractivity contribution in [2.45, 2.75) is 19.9 Å². The molecule has 1 saturated heterocycles. The molecule has 0 saturated carbocycles. The molecule has 33 heavy (non-hydrogen) atoms. The minimum Gasteiger partial charge on any atom is -0.505 e. The molecule has 1 aromatic carbocycles. The summed E-state index contributed by atoms with van der Waals surface area (Å²) in [5.41, 5.74) is 3.34. The van der Waals surface area contributed by atoms with Crippen molar-refractivity contribution in [3.63, 3.8) is 0 Å². The van der Waals surface area contributed by atoms with E-state index in [1.54, 1.807) is 25.3 Å². The average molecular weight is 449 g/mol. The van der Waals surface area contributed by atoms with Gasteiger partial charge >= 0.3 is 0 Å². The van der Waals surface area contributed by atoms with Gasteiger partial charge in [0, 0.05) is 19.3 Å². The monoisotopic (exact) mass is 448 g/mol. The third kappa shape index (κ3) is 3.87. The zero-order valence-electron chi connectivity index (χ0n) is 19.5. The van der Waals surface area contributed by atoms with Crippen molar-refractivity contribution in [3.05, 3.63) is 70.7 Å². The van der Waals surface area contributed by atoms with Crippen molar-refractivity contribution in [1.29, 1.82) is 0 Å².